The van der Waals surface area contributed by atoms with Crippen LogP contribution < -0.4 is 11.1 Å². The zero-order valence-electron chi connectivity index (χ0n) is 9.71. The molecule has 0 aromatic heterocycles. The number of hydrogen-bond acceptors (Lipinski definition) is 2. The number of benzene rings is 1. The molecule has 0 bridgehead atoms. The first-order chi connectivity index (χ1) is 8.13. The second kappa shape index (κ2) is 5.19. The van der Waals surface area contributed by atoms with Crippen molar-refractivity contribution in [2.45, 2.75) is 25.7 Å². The van der Waals surface area contributed by atoms with Gasteiger partial charge in [0.05, 0.1) is 0 Å². The number of anilines is 1. The van der Waals surface area contributed by atoms with Gasteiger partial charge in [-0.2, -0.15) is 0 Å². The van der Waals surface area contributed by atoms with Gasteiger partial charge in [0.2, 0.25) is 5.91 Å². The summed E-state index contributed by atoms with van der Waals surface area (Å²) in [6.07, 6.45) is 3.89. The third-order valence-electron chi connectivity index (χ3n) is 3.49. The van der Waals surface area contributed by atoms with E-state index in [2.05, 4.69) is 21.2 Å². The molecule has 1 aliphatic carbocycles. The maximum absolute atomic E-state index is 11.9. The van der Waals surface area contributed by atoms with E-state index >= 15 is 0 Å². The number of rotatable bonds is 4. The van der Waals surface area contributed by atoms with Crippen molar-refractivity contribution in [3.8, 4) is 0 Å². The highest BCUT2D eigenvalue weighted by atomic mass is 79.9. The van der Waals surface area contributed by atoms with Gasteiger partial charge in [-0.25, -0.2) is 0 Å². The lowest BCUT2D eigenvalue weighted by Gasteiger charge is -2.40. The van der Waals surface area contributed by atoms with Gasteiger partial charge in [0.15, 0.2) is 0 Å². The number of amides is 1. The fourth-order valence-electron chi connectivity index (χ4n) is 2.24. The van der Waals surface area contributed by atoms with E-state index in [0.29, 0.717) is 13.0 Å². The summed E-state index contributed by atoms with van der Waals surface area (Å²) in [6, 6.07) is 7.62. The fraction of sp³-hybridized carbons (Fsp3) is 0.462. The van der Waals surface area contributed by atoms with E-state index in [0.717, 1.165) is 23.0 Å². The Kier molecular flexibility index (Phi) is 3.84. The fourth-order valence-corrected chi connectivity index (χ4v) is 2.64. The van der Waals surface area contributed by atoms with Gasteiger partial charge < -0.3 is 11.1 Å². The summed E-state index contributed by atoms with van der Waals surface area (Å²) in [5.74, 6) is 0.0632. The highest BCUT2D eigenvalue weighted by Crippen LogP contribution is 2.43. The summed E-state index contributed by atoms with van der Waals surface area (Å²) >= 11 is 3.38. The first-order valence-corrected chi connectivity index (χ1v) is 6.68. The van der Waals surface area contributed by atoms with Gasteiger partial charge in [-0.05, 0) is 43.0 Å². The van der Waals surface area contributed by atoms with Gasteiger partial charge in [-0.3, -0.25) is 4.79 Å². The molecular weight excluding hydrogens is 280 g/mol. The summed E-state index contributed by atoms with van der Waals surface area (Å²) in [5.41, 5.74) is 6.64. The van der Waals surface area contributed by atoms with E-state index in [1.165, 1.54) is 6.42 Å². The molecule has 0 radical (unpaired) electrons. The molecule has 0 atom stereocenters. The van der Waals surface area contributed by atoms with Crippen LogP contribution in [0.4, 0.5) is 5.69 Å². The third kappa shape index (κ3) is 3.07. The van der Waals surface area contributed by atoms with Gasteiger partial charge in [0.25, 0.3) is 0 Å². The average Bonchev–Trinajstić information content (AvgIpc) is 2.23. The van der Waals surface area contributed by atoms with Gasteiger partial charge in [0, 0.05) is 16.6 Å². The van der Waals surface area contributed by atoms with Gasteiger partial charge in [0.1, 0.15) is 0 Å². The highest BCUT2D eigenvalue weighted by molar-refractivity contribution is 9.10. The zero-order chi connectivity index (χ0) is 12.3. The van der Waals surface area contributed by atoms with Crippen LogP contribution in [0.2, 0.25) is 0 Å². The Labute approximate surface area is 110 Å². The Balaban J connectivity index is 1.93. The number of nitrogens with one attached hydrogen (secondary N) is 1. The van der Waals surface area contributed by atoms with Crippen LogP contribution in [-0.4, -0.2) is 12.5 Å². The predicted molar refractivity (Wildman–Crippen MR) is 72.7 cm³/mol. The average molecular weight is 297 g/mol. The Bertz CT molecular complexity index is 410. The van der Waals surface area contributed by atoms with Crippen molar-refractivity contribution in [1.82, 2.24) is 0 Å². The number of hydrogen-bond donors (Lipinski definition) is 2. The van der Waals surface area contributed by atoms with E-state index in [9.17, 15) is 4.79 Å². The molecule has 0 spiro atoms. The molecule has 4 heteroatoms. The summed E-state index contributed by atoms with van der Waals surface area (Å²) < 4.78 is 0.965. The van der Waals surface area contributed by atoms with Crippen LogP contribution in [0.15, 0.2) is 28.7 Å². The molecule has 1 fully saturated rings. The van der Waals surface area contributed by atoms with Crippen LogP contribution in [0.5, 0.6) is 0 Å². The minimum absolute atomic E-state index is 0.0632. The Morgan fingerprint density at radius 1 is 1.47 bits per heavy atom. The molecule has 1 aliphatic rings. The van der Waals surface area contributed by atoms with E-state index < -0.39 is 0 Å². The van der Waals surface area contributed by atoms with Crippen LogP contribution in [0.1, 0.15) is 25.7 Å². The minimum atomic E-state index is 0.0632. The van der Waals surface area contributed by atoms with E-state index in [1.54, 1.807) is 0 Å². The molecule has 0 unspecified atom stereocenters. The molecule has 3 N–H and O–H groups in total. The second-order valence-corrected chi connectivity index (χ2v) is 5.71. The second-order valence-electron chi connectivity index (χ2n) is 4.79. The number of carbonyl (C=O) groups excluding carboxylic acids is 1. The predicted octanol–water partition coefficient (Wildman–Crippen LogP) is 2.91. The lowest BCUT2D eigenvalue weighted by atomic mass is 9.66. The van der Waals surface area contributed by atoms with E-state index in [1.807, 2.05) is 24.3 Å². The molecule has 0 heterocycles. The smallest absolute Gasteiger partial charge is 0.224 e. The molecule has 0 aliphatic heterocycles. The van der Waals surface area contributed by atoms with Crippen molar-refractivity contribution in [2.24, 2.45) is 11.1 Å². The lowest BCUT2D eigenvalue weighted by molar-refractivity contribution is -0.119. The SMILES string of the molecule is NCC1(CC(=O)Nc2cccc(Br)c2)CCC1. The topological polar surface area (TPSA) is 55.1 Å². The van der Waals surface area contributed by atoms with E-state index in [-0.39, 0.29) is 11.3 Å². The molecule has 3 nitrogen and oxygen atoms in total. The van der Waals surface area contributed by atoms with Crippen molar-refractivity contribution in [1.29, 1.82) is 0 Å². The van der Waals surface area contributed by atoms with Crippen LogP contribution in [0, 0.1) is 5.41 Å². The summed E-state index contributed by atoms with van der Waals surface area (Å²) in [7, 11) is 0. The molecule has 2 rings (SSSR count). The largest absolute Gasteiger partial charge is 0.330 e. The van der Waals surface area contributed by atoms with Crippen molar-refractivity contribution >= 4 is 27.5 Å². The van der Waals surface area contributed by atoms with Crippen molar-refractivity contribution in [3.05, 3.63) is 28.7 Å². The van der Waals surface area contributed by atoms with Gasteiger partial charge >= 0.3 is 0 Å². The Hall–Kier alpha value is -0.870. The van der Waals surface area contributed by atoms with E-state index in [4.69, 9.17) is 5.73 Å². The maximum atomic E-state index is 11.9. The van der Waals surface area contributed by atoms with Crippen molar-refractivity contribution < 1.29 is 4.79 Å². The molecule has 1 aromatic carbocycles. The van der Waals surface area contributed by atoms with Crippen molar-refractivity contribution in [2.75, 3.05) is 11.9 Å². The highest BCUT2D eigenvalue weighted by Gasteiger charge is 2.37. The summed E-state index contributed by atoms with van der Waals surface area (Å²) in [5, 5.41) is 2.92. The first-order valence-electron chi connectivity index (χ1n) is 5.89. The third-order valence-corrected chi connectivity index (χ3v) is 3.98. The molecule has 1 aromatic rings. The quantitative estimate of drug-likeness (QED) is 0.898. The lowest BCUT2D eigenvalue weighted by Crippen LogP contribution is -2.40. The summed E-state index contributed by atoms with van der Waals surface area (Å²) in [4.78, 5) is 11.9. The number of nitrogens with two attached hydrogens (primary N) is 1. The van der Waals surface area contributed by atoms with Crippen LogP contribution in [0.3, 0.4) is 0 Å². The standard InChI is InChI=1S/C13H17BrN2O/c14-10-3-1-4-11(7-10)16-12(17)8-13(9-15)5-2-6-13/h1,3-4,7H,2,5-6,8-9,15H2,(H,16,17). The normalized spacial score (nSPS) is 17.3. The van der Waals surface area contributed by atoms with Crippen molar-refractivity contribution in [3.63, 3.8) is 0 Å². The number of carbonyl (C=O) groups is 1. The number of halogens is 1. The molecular formula is C13H17BrN2O. The monoisotopic (exact) mass is 296 g/mol. The maximum Gasteiger partial charge on any atom is 0.224 e. The first kappa shape index (κ1) is 12.6. The van der Waals surface area contributed by atoms with Crippen LogP contribution in [0.25, 0.3) is 0 Å². The Morgan fingerprint density at radius 3 is 2.76 bits per heavy atom. The molecule has 17 heavy (non-hydrogen) atoms. The molecule has 0 saturated heterocycles. The van der Waals surface area contributed by atoms with Gasteiger partial charge in [-0.15, -0.1) is 0 Å². The van der Waals surface area contributed by atoms with Crippen LogP contribution >= 0.6 is 15.9 Å². The van der Waals surface area contributed by atoms with Crippen LogP contribution in [-0.2, 0) is 4.79 Å². The molecule has 1 amide bonds. The van der Waals surface area contributed by atoms with Gasteiger partial charge in [-0.1, -0.05) is 28.4 Å². The molecule has 92 valence electrons. The zero-order valence-corrected chi connectivity index (χ0v) is 11.3. The minimum Gasteiger partial charge on any atom is -0.330 e. The summed E-state index contributed by atoms with van der Waals surface area (Å²) in [6.45, 7) is 0.610. The Morgan fingerprint density at radius 2 is 2.24 bits per heavy atom. The molecule has 1 saturated carbocycles.